The van der Waals surface area contributed by atoms with Gasteiger partial charge in [-0.05, 0) is 89.4 Å². The Morgan fingerprint density at radius 3 is 2.54 bits per heavy atom. The lowest BCUT2D eigenvalue weighted by Gasteiger charge is -2.29. The van der Waals surface area contributed by atoms with Crippen molar-refractivity contribution in [3.63, 3.8) is 0 Å². The monoisotopic (exact) mass is 473 g/mol. The van der Waals surface area contributed by atoms with Gasteiger partial charge in [-0.15, -0.1) is 0 Å². The smallest absolute Gasteiger partial charge is 0.339 e. The van der Waals surface area contributed by atoms with Crippen molar-refractivity contribution >= 4 is 16.8 Å². The van der Waals surface area contributed by atoms with Crippen LogP contribution >= 0.6 is 0 Å². The van der Waals surface area contributed by atoms with Crippen LogP contribution in [0.15, 0.2) is 57.3 Å². The average Bonchev–Trinajstić information content (AvgIpc) is 2.82. The van der Waals surface area contributed by atoms with Gasteiger partial charge >= 0.3 is 5.63 Å². The van der Waals surface area contributed by atoms with E-state index in [4.69, 9.17) is 9.15 Å². The van der Waals surface area contributed by atoms with Crippen molar-refractivity contribution in [2.45, 2.75) is 59.5 Å². The molecule has 0 saturated carbocycles. The second kappa shape index (κ2) is 10.6. The molecule has 0 bridgehead atoms. The number of Topliss-reactive ketones (excluding diaryl/α,β-unsaturated/α-hetero) is 1. The molecule has 0 N–H and O–H groups in total. The molecule has 2 aromatic carbocycles. The zero-order valence-corrected chi connectivity index (χ0v) is 21.4. The summed E-state index contributed by atoms with van der Waals surface area (Å²) in [5.41, 5.74) is 5.37. The van der Waals surface area contributed by atoms with Crippen molar-refractivity contribution in [2.75, 3.05) is 20.1 Å². The SMILES string of the molecule is CC(C)=CCc1cc(C(=O)Cc2cc3ccc(OC4CCN(C)CC4)c(C)c3oc2=O)ccc1C. The van der Waals surface area contributed by atoms with Gasteiger partial charge in [0.25, 0.3) is 0 Å². The molecule has 3 aromatic rings. The molecule has 35 heavy (non-hydrogen) atoms. The first-order valence-corrected chi connectivity index (χ1v) is 12.4. The lowest BCUT2D eigenvalue weighted by atomic mass is 9.97. The number of nitrogens with zero attached hydrogens (tertiary/aromatic N) is 1. The van der Waals surface area contributed by atoms with Crippen molar-refractivity contribution in [1.29, 1.82) is 0 Å². The van der Waals surface area contributed by atoms with Gasteiger partial charge in [0.2, 0.25) is 0 Å². The van der Waals surface area contributed by atoms with E-state index in [1.807, 2.05) is 44.2 Å². The van der Waals surface area contributed by atoms with E-state index in [0.29, 0.717) is 16.7 Å². The summed E-state index contributed by atoms with van der Waals surface area (Å²) in [6.07, 6.45) is 5.08. The first kappa shape index (κ1) is 24.9. The number of rotatable bonds is 7. The molecule has 0 aliphatic carbocycles. The number of piperidine rings is 1. The van der Waals surface area contributed by atoms with E-state index in [-0.39, 0.29) is 18.3 Å². The molecule has 0 unspecified atom stereocenters. The summed E-state index contributed by atoms with van der Waals surface area (Å²) in [6.45, 7) is 10.1. The fourth-order valence-electron chi connectivity index (χ4n) is 4.54. The van der Waals surface area contributed by atoms with Gasteiger partial charge in [-0.3, -0.25) is 4.79 Å². The van der Waals surface area contributed by atoms with Gasteiger partial charge in [0, 0.05) is 41.6 Å². The molecule has 1 aliphatic heterocycles. The molecule has 5 nitrogen and oxygen atoms in total. The molecule has 5 heteroatoms. The summed E-state index contributed by atoms with van der Waals surface area (Å²) in [4.78, 5) is 28.2. The molecule has 1 aliphatic rings. The molecule has 0 atom stereocenters. The van der Waals surface area contributed by atoms with Crippen LogP contribution in [0.4, 0.5) is 0 Å². The highest BCUT2D eigenvalue weighted by atomic mass is 16.5. The molecule has 4 rings (SSSR count). The third-order valence-electron chi connectivity index (χ3n) is 6.88. The fourth-order valence-corrected chi connectivity index (χ4v) is 4.54. The van der Waals surface area contributed by atoms with Crippen LogP contribution in [0, 0.1) is 13.8 Å². The predicted octanol–water partition coefficient (Wildman–Crippen LogP) is 5.82. The van der Waals surface area contributed by atoms with Gasteiger partial charge in [0.1, 0.15) is 17.4 Å². The van der Waals surface area contributed by atoms with Crippen LogP contribution in [0.1, 0.15) is 59.3 Å². The third-order valence-corrected chi connectivity index (χ3v) is 6.88. The van der Waals surface area contributed by atoms with Crippen molar-refractivity contribution in [3.8, 4) is 5.75 Å². The van der Waals surface area contributed by atoms with Gasteiger partial charge in [0.15, 0.2) is 5.78 Å². The number of hydrogen-bond donors (Lipinski definition) is 0. The number of benzene rings is 2. The number of allylic oxidation sites excluding steroid dienone is 2. The molecule has 2 heterocycles. The minimum absolute atomic E-state index is 0.0102. The maximum atomic E-state index is 13.1. The molecule has 1 fully saturated rings. The minimum Gasteiger partial charge on any atom is -0.490 e. The first-order valence-electron chi connectivity index (χ1n) is 12.4. The molecule has 0 amide bonds. The molecule has 1 aromatic heterocycles. The standard InChI is InChI=1S/C30H35NO4/c1-19(2)6-8-22-16-23(9-7-20(22)3)27(32)18-25-17-24-10-11-28(21(4)29(24)35-30(25)33)34-26-12-14-31(5)15-13-26/h6-7,9-11,16-17,26H,8,12-15,18H2,1-5H3. The Hall–Kier alpha value is -3.18. The largest absolute Gasteiger partial charge is 0.490 e. The highest BCUT2D eigenvalue weighted by molar-refractivity contribution is 5.98. The number of likely N-dealkylation sites (tertiary alicyclic amines) is 1. The maximum Gasteiger partial charge on any atom is 0.339 e. The Balaban J connectivity index is 1.55. The normalized spacial score (nSPS) is 14.8. The highest BCUT2D eigenvalue weighted by Gasteiger charge is 2.20. The van der Waals surface area contributed by atoms with Crippen molar-refractivity contribution in [3.05, 3.63) is 86.3 Å². The Bertz CT molecular complexity index is 1320. The van der Waals surface area contributed by atoms with E-state index in [1.54, 1.807) is 6.07 Å². The Morgan fingerprint density at radius 2 is 1.83 bits per heavy atom. The summed E-state index contributed by atoms with van der Waals surface area (Å²) < 4.78 is 12.0. The Labute approximate surface area is 207 Å². The second-order valence-corrected chi connectivity index (χ2v) is 10.0. The molecule has 0 spiro atoms. The number of carbonyl (C=O) groups is 1. The van der Waals surface area contributed by atoms with Crippen LogP contribution in [0.25, 0.3) is 11.0 Å². The zero-order valence-electron chi connectivity index (χ0n) is 21.4. The van der Waals surface area contributed by atoms with Crippen LogP contribution in [0.5, 0.6) is 5.75 Å². The number of fused-ring (bicyclic) bond motifs is 1. The van der Waals surface area contributed by atoms with Crippen LogP contribution < -0.4 is 10.4 Å². The van der Waals surface area contributed by atoms with Gasteiger partial charge in [-0.2, -0.15) is 0 Å². The van der Waals surface area contributed by atoms with Gasteiger partial charge in [-0.1, -0.05) is 23.8 Å². The molecular weight excluding hydrogens is 438 g/mol. The van der Waals surface area contributed by atoms with Gasteiger partial charge in [-0.25, -0.2) is 4.79 Å². The number of ether oxygens (including phenoxy) is 1. The van der Waals surface area contributed by atoms with Gasteiger partial charge in [0.05, 0.1) is 0 Å². The summed E-state index contributed by atoms with van der Waals surface area (Å²) in [7, 11) is 2.12. The van der Waals surface area contributed by atoms with E-state index in [1.165, 1.54) is 5.57 Å². The van der Waals surface area contributed by atoms with Crippen LogP contribution in [0.3, 0.4) is 0 Å². The topological polar surface area (TPSA) is 59.8 Å². The minimum atomic E-state index is -0.470. The quantitative estimate of drug-likeness (QED) is 0.246. The molecule has 0 radical (unpaired) electrons. The van der Waals surface area contributed by atoms with E-state index in [9.17, 15) is 9.59 Å². The van der Waals surface area contributed by atoms with Crippen LogP contribution in [0.2, 0.25) is 0 Å². The highest BCUT2D eigenvalue weighted by Crippen LogP contribution is 2.29. The molecule has 184 valence electrons. The number of carbonyl (C=O) groups excluding carboxylic acids is 1. The van der Waals surface area contributed by atoms with Gasteiger partial charge < -0.3 is 14.1 Å². The van der Waals surface area contributed by atoms with E-state index in [2.05, 4.69) is 31.9 Å². The predicted molar refractivity (Wildman–Crippen MR) is 141 cm³/mol. The van der Waals surface area contributed by atoms with Crippen LogP contribution in [-0.4, -0.2) is 36.9 Å². The number of hydrogen-bond acceptors (Lipinski definition) is 5. The van der Waals surface area contributed by atoms with Crippen molar-refractivity contribution < 1.29 is 13.9 Å². The third kappa shape index (κ3) is 5.91. The second-order valence-electron chi connectivity index (χ2n) is 10.0. The van der Waals surface area contributed by atoms with E-state index in [0.717, 1.165) is 60.2 Å². The summed E-state index contributed by atoms with van der Waals surface area (Å²) in [5, 5.41) is 0.800. The maximum absolute atomic E-state index is 13.1. The average molecular weight is 474 g/mol. The number of aryl methyl sites for hydroxylation is 2. The number of ketones is 1. The summed E-state index contributed by atoms with van der Waals surface area (Å²) in [6, 6.07) is 11.4. The lowest BCUT2D eigenvalue weighted by molar-refractivity contribution is 0.0991. The fraction of sp³-hybridized carbons (Fsp3) is 0.400. The lowest BCUT2D eigenvalue weighted by Crippen LogP contribution is -2.35. The summed E-state index contributed by atoms with van der Waals surface area (Å²) in [5.74, 6) is 0.664. The van der Waals surface area contributed by atoms with E-state index >= 15 is 0 Å². The zero-order chi connectivity index (χ0) is 25.1. The first-order chi connectivity index (χ1) is 16.7. The summed E-state index contributed by atoms with van der Waals surface area (Å²) >= 11 is 0. The Kier molecular flexibility index (Phi) is 7.56. The van der Waals surface area contributed by atoms with Crippen molar-refractivity contribution in [1.82, 2.24) is 4.90 Å². The molecule has 1 saturated heterocycles. The van der Waals surface area contributed by atoms with Crippen LogP contribution in [-0.2, 0) is 12.8 Å². The Morgan fingerprint density at radius 1 is 1.09 bits per heavy atom. The van der Waals surface area contributed by atoms with E-state index < -0.39 is 5.63 Å². The molecular formula is C30H35NO4. The van der Waals surface area contributed by atoms with Crippen molar-refractivity contribution in [2.24, 2.45) is 0 Å².